The van der Waals surface area contributed by atoms with Gasteiger partial charge in [0, 0.05) is 23.3 Å². The highest BCUT2D eigenvalue weighted by atomic mass is 35.5. The first-order valence-electron chi connectivity index (χ1n) is 9.14. The fraction of sp³-hybridized carbons (Fsp3) is 0.217. The van der Waals surface area contributed by atoms with E-state index in [-0.39, 0.29) is 5.91 Å². The molecule has 1 atom stereocenters. The van der Waals surface area contributed by atoms with Gasteiger partial charge in [0.2, 0.25) is 5.91 Å². The molecule has 0 aliphatic heterocycles. The van der Waals surface area contributed by atoms with Crippen molar-refractivity contribution in [3.05, 3.63) is 86.6 Å². The number of pyridine rings is 1. The summed E-state index contributed by atoms with van der Waals surface area (Å²) in [5, 5.41) is 4.14. The molecule has 0 spiro atoms. The molecule has 0 fully saturated rings. The summed E-state index contributed by atoms with van der Waals surface area (Å²) < 4.78 is 0. The number of benzene rings is 2. The summed E-state index contributed by atoms with van der Waals surface area (Å²) in [5.74, 6) is -0.137. The number of nitrogens with one attached hydrogen (secondary N) is 1. The number of carbonyl (C=O) groups excluding carboxylic acids is 1. The van der Waals surface area contributed by atoms with E-state index in [2.05, 4.69) is 10.3 Å². The minimum Gasteiger partial charge on any atom is -0.358 e. The van der Waals surface area contributed by atoms with Crippen LogP contribution in [-0.4, -0.2) is 17.9 Å². The lowest BCUT2D eigenvalue weighted by Gasteiger charge is -2.30. The molecule has 1 heterocycles. The summed E-state index contributed by atoms with van der Waals surface area (Å²) >= 11 is 18.7. The molecule has 0 aliphatic rings. The van der Waals surface area contributed by atoms with E-state index in [0.717, 1.165) is 27.8 Å². The number of rotatable bonds is 5. The Morgan fingerprint density at radius 2 is 1.69 bits per heavy atom. The minimum absolute atomic E-state index is 0.137. The number of carbonyl (C=O) groups is 1. The second kappa shape index (κ2) is 8.74. The van der Waals surface area contributed by atoms with Crippen molar-refractivity contribution in [1.82, 2.24) is 10.3 Å². The average Bonchev–Trinajstić information content (AvgIpc) is 2.68. The summed E-state index contributed by atoms with van der Waals surface area (Å²) in [4.78, 5) is 17.3. The Kier molecular flexibility index (Phi) is 6.52. The van der Waals surface area contributed by atoms with Gasteiger partial charge >= 0.3 is 0 Å². The molecule has 150 valence electrons. The number of hydrogen-bond donors (Lipinski definition) is 1. The predicted octanol–water partition coefficient (Wildman–Crippen LogP) is 6.26. The fourth-order valence-corrected chi connectivity index (χ4v) is 4.25. The Morgan fingerprint density at radius 1 is 1.03 bits per heavy atom. The zero-order chi connectivity index (χ0) is 21.2. The number of nitrogens with zero attached hydrogens (tertiary/aromatic N) is 1. The molecule has 1 amide bonds. The summed E-state index contributed by atoms with van der Waals surface area (Å²) in [5.41, 5.74) is 3.85. The van der Waals surface area contributed by atoms with E-state index in [1.165, 1.54) is 0 Å². The van der Waals surface area contributed by atoms with Crippen LogP contribution < -0.4 is 5.32 Å². The average molecular weight is 448 g/mol. The molecule has 0 bridgehead atoms. The second-order valence-corrected chi connectivity index (χ2v) is 8.49. The molecule has 1 aromatic heterocycles. The first-order chi connectivity index (χ1) is 13.7. The van der Waals surface area contributed by atoms with E-state index >= 15 is 0 Å². The van der Waals surface area contributed by atoms with Crippen molar-refractivity contribution in [2.75, 3.05) is 7.05 Å². The van der Waals surface area contributed by atoms with Crippen molar-refractivity contribution >= 4 is 40.7 Å². The van der Waals surface area contributed by atoms with Gasteiger partial charge in [-0.05, 0) is 72.4 Å². The molecular formula is C23H21Cl3N2O. The highest BCUT2D eigenvalue weighted by molar-refractivity contribution is 6.34. The lowest BCUT2D eigenvalue weighted by atomic mass is 9.75. The van der Waals surface area contributed by atoms with Gasteiger partial charge in [-0.2, -0.15) is 0 Å². The summed E-state index contributed by atoms with van der Waals surface area (Å²) in [6.45, 7) is 3.92. The maximum atomic E-state index is 13.0. The second-order valence-electron chi connectivity index (χ2n) is 7.23. The topological polar surface area (TPSA) is 42.0 Å². The largest absolute Gasteiger partial charge is 0.358 e. The van der Waals surface area contributed by atoms with Gasteiger partial charge < -0.3 is 5.32 Å². The van der Waals surface area contributed by atoms with Crippen LogP contribution in [0.3, 0.4) is 0 Å². The van der Waals surface area contributed by atoms with Crippen LogP contribution in [0.4, 0.5) is 0 Å². The minimum atomic E-state index is -0.907. The van der Waals surface area contributed by atoms with Crippen LogP contribution in [0.15, 0.2) is 54.7 Å². The molecule has 0 aliphatic carbocycles. The number of halogens is 3. The van der Waals surface area contributed by atoms with Gasteiger partial charge in [-0.1, -0.05) is 59.1 Å². The third-order valence-electron chi connectivity index (χ3n) is 5.16. The monoisotopic (exact) mass is 446 g/mol. The number of likely N-dealkylation sites (N-methyl/N-ethyl adjacent to an activating group) is 1. The Hall–Kier alpha value is -2.07. The van der Waals surface area contributed by atoms with Crippen molar-refractivity contribution in [3.8, 4) is 11.1 Å². The molecule has 0 radical (unpaired) electrons. The third-order valence-corrected chi connectivity index (χ3v) is 5.80. The van der Waals surface area contributed by atoms with E-state index in [0.29, 0.717) is 21.6 Å². The molecule has 1 unspecified atom stereocenters. The Morgan fingerprint density at radius 3 is 2.31 bits per heavy atom. The first kappa shape index (κ1) is 21.6. The van der Waals surface area contributed by atoms with Gasteiger partial charge in [-0.25, -0.2) is 4.98 Å². The van der Waals surface area contributed by atoms with Crippen LogP contribution in [0, 0.1) is 6.92 Å². The van der Waals surface area contributed by atoms with Gasteiger partial charge in [0.05, 0.1) is 5.41 Å². The summed E-state index contributed by atoms with van der Waals surface area (Å²) in [6, 6.07) is 15.1. The molecule has 3 rings (SSSR count). The normalized spacial score (nSPS) is 13.0. The number of hydrogen-bond acceptors (Lipinski definition) is 2. The van der Waals surface area contributed by atoms with E-state index in [4.69, 9.17) is 34.8 Å². The zero-order valence-electron chi connectivity index (χ0n) is 16.4. The highest BCUT2D eigenvalue weighted by Gasteiger charge is 2.36. The quantitative estimate of drug-likeness (QED) is 0.469. The number of aromatic nitrogens is 1. The van der Waals surface area contributed by atoms with Crippen LogP contribution in [0.25, 0.3) is 11.1 Å². The van der Waals surface area contributed by atoms with Crippen LogP contribution in [0.2, 0.25) is 15.2 Å². The third kappa shape index (κ3) is 4.58. The highest BCUT2D eigenvalue weighted by Crippen LogP contribution is 2.36. The Balaban J connectivity index is 2.17. The van der Waals surface area contributed by atoms with Crippen molar-refractivity contribution in [3.63, 3.8) is 0 Å². The molecule has 0 saturated carbocycles. The zero-order valence-corrected chi connectivity index (χ0v) is 18.7. The van der Waals surface area contributed by atoms with Gasteiger partial charge in [0.1, 0.15) is 5.15 Å². The van der Waals surface area contributed by atoms with E-state index in [1.807, 2.05) is 44.2 Å². The maximum Gasteiger partial charge on any atom is 0.230 e. The maximum absolute atomic E-state index is 13.0. The lowest BCUT2D eigenvalue weighted by molar-refractivity contribution is -0.125. The predicted molar refractivity (Wildman–Crippen MR) is 121 cm³/mol. The fourth-order valence-electron chi connectivity index (χ4n) is 3.57. The van der Waals surface area contributed by atoms with Crippen LogP contribution in [-0.2, 0) is 16.6 Å². The SMILES string of the molecule is CNC(=O)C(C)(Cc1cnc(Cl)cc1-c1ccccc1C)c1cc(Cl)cc(Cl)c1. The standard InChI is InChI=1S/C23H21Cl3N2O/c1-14-6-4-5-7-19(14)20-11-21(26)28-13-15(20)12-23(2,22(29)27-3)16-8-17(24)10-18(25)9-16/h4-11,13H,12H2,1-3H3,(H,27,29). The van der Waals surface area contributed by atoms with Crippen molar-refractivity contribution in [1.29, 1.82) is 0 Å². The molecule has 3 aromatic rings. The molecule has 29 heavy (non-hydrogen) atoms. The number of aryl methyl sites for hydroxylation is 1. The molecule has 2 aromatic carbocycles. The molecule has 6 heteroatoms. The molecular weight excluding hydrogens is 427 g/mol. The van der Waals surface area contributed by atoms with Crippen molar-refractivity contribution < 1.29 is 4.79 Å². The lowest BCUT2D eigenvalue weighted by Crippen LogP contribution is -2.42. The van der Waals surface area contributed by atoms with Gasteiger partial charge in [-0.15, -0.1) is 0 Å². The van der Waals surface area contributed by atoms with E-state index in [1.54, 1.807) is 31.4 Å². The summed E-state index contributed by atoms with van der Waals surface area (Å²) in [7, 11) is 1.62. The Bertz CT molecular complexity index is 1050. The molecule has 0 saturated heterocycles. The molecule has 3 nitrogen and oxygen atoms in total. The van der Waals surface area contributed by atoms with Gasteiger partial charge in [0.25, 0.3) is 0 Å². The van der Waals surface area contributed by atoms with E-state index in [9.17, 15) is 4.79 Å². The number of amides is 1. The van der Waals surface area contributed by atoms with Crippen LogP contribution in [0.5, 0.6) is 0 Å². The Labute approximate surface area is 186 Å². The smallest absolute Gasteiger partial charge is 0.230 e. The van der Waals surface area contributed by atoms with E-state index < -0.39 is 5.41 Å². The first-order valence-corrected chi connectivity index (χ1v) is 10.3. The van der Waals surface area contributed by atoms with Gasteiger partial charge in [-0.3, -0.25) is 4.79 Å². The molecule has 1 N–H and O–H groups in total. The van der Waals surface area contributed by atoms with Crippen molar-refractivity contribution in [2.45, 2.75) is 25.7 Å². The van der Waals surface area contributed by atoms with Crippen LogP contribution >= 0.6 is 34.8 Å². The van der Waals surface area contributed by atoms with Crippen LogP contribution in [0.1, 0.15) is 23.6 Å². The summed E-state index contributed by atoms with van der Waals surface area (Å²) in [6.07, 6.45) is 2.13. The van der Waals surface area contributed by atoms with Gasteiger partial charge in [0.15, 0.2) is 0 Å². The van der Waals surface area contributed by atoms with Crippen molar-refractivity contribution in [2.24, 2.45) is 0 Å².